The summed E-state index contributed by atoms with van der Waals surface area (Å²) in [5, 5.41) is 10.3. The summed E-state index contributed by atoms with van der Waals surface area (Å²) in [6.45, 7) is 3.88. The second-order valence-corrected chi connectivity index (χ2v) is 8.98. The first-order valence-electron chi connectivity index (χ1n) is 10.2. The lowest BCUT2D eigenvalue weighted by molar-refractivity contribution is 0.841. The molecule has 0 saturated carbocycles. The van der Waals surface area contributed by atoms with Crippen LogP contribution in [-0.2, 0) is 5.75 Å². The van der Waals surface area contributed by atoms with Crippen molar-refractivity contribution in [1.29, 1.82) is 0 Å². The number of nitrogens with zero attached hydrogens (tertiary/aromatic N) is 6. The highest BCUT2D eigenvalue weighted by atomic mass is 35.5. The van der Waals surface area contributed by atoms with Crippen LogP contribution in [0.2, 0.25) is 5.02 Å². The second kappa shape index (κ2) is 8.36. The van der Waals surface area contributed by atoms with Gasteiger partial charge in [0.15, 0.2) is 5.16 Å². The number of thioether (sulfide) groups is 1. The third-order valence-corrected chi connectivity index (χ3v) is 6.48. The van der Waals surface area contributed by atoms with E-state index in [0.29, 0.717) is 22.1 Å². The quantitative estimate of drug-likeness (QED) is 0.424. The molecule has 1 aliphatic rings. The van der Waals surface area contributed by atoms with E-state index in [1.165, 1.54) is 11.8 Å². The molecule has 31 heavy (non-hydrogen) atoms. The third-order valence-electron chi connectivity index (χ3n) is 5.28. The summed E-state index contributed by atoms with van der Waals surface area (Å²) >= 11 is 7.77. The van der Waals surface area contributed by atoms with Crippen molar-refractivity contribution in [2.24, 2.45) is 0 Å². The summed E-state index contributed by atoms with van der Waals surface area (Å²) in [4.78, 5) is 19.4. The highest BCUT2D eigenvalue weighted by Gasteiger charge is 2.22. The lowest BCUT2D eigenvalue weighted by Gasteiger charge is -2.18. The fourth-order valence-corrected chi connectivity index (χ4v) is 4.81. The van der Waals surface area contributed by atoms with E-state index in [1.807, 2.05) is 47.9 Å². The Kier molecular flexibility index (Phi) is 5.41. The Morgan fingerprint density at radius 3 is 2.74 bits per heavy atom. The maximum Gasteiger partial charge on any atom is 0.258 e. The van der Waals surface area contributed by atoms with Crippen molar-refractivity contribution in [3.63, 3.8) is 0 Å². The van der Waals surface area contributed by atoms with Gasteiger partial charge < -0.3 is 4.90 Å². The Morgan fingerprint density at radius 1 is 1.10 bits per heavy atom. The van der Waals surface area contributed by atoms with Crippen molar-refractivity contribution in [3.05, 3.63) is 75.3 Å². The van der Waals surface area contributed by atoms with E-state index >= 15 is 0 Å². The molecule has 0 aliphatic carbocycles. The molecule has 5 rings (SSSR count). The normalized spacial score (nSPS) is 13.9. The molecule has 0 N–H and O–H groups in total. The first kappa shape index (κ1) is 20.1. The zero-order valence-corrected chi connectivity index (χ0v) is 18.6. The van der Waals surface area contributed by atoms with Crippen molar-refractivity contribution < 1.29 is 0 Å². The minimum atomic E-state index is -0.0848. The Morgan fingerprint density at radius 2 is 1.94 bits per heavy atom. The van der Waals surface area contributed by atoms with E-state index in [-0.39, 0.29) is 5.56 Å². The molecule has 0 unspecified atom stereocenters. The maximum atomic E-state index is 12.5. The van der Waals surface area contributed by atoms with Crippen LogP contribution in [0.15, 0.2) is 58.6 Å². The smallest absolute Gasteiger partial charge is 0.258 e. The molecular weight excluding hydrogens is 432 g/mol. The minimum Gasteiger partial charge on any atom is -0.341 e. The molecule has 9 heteroatoms. The number of anilines is 1. The molecule has 1 saturated heterocycles. The Hall–Kier alpha value is -2.84. The average Bonchev–Trinajstić information content (AvgIpc) is 3.42. The number of fused-ring (bicyclic) bond motifs is 1. The molecule has 7 nitrogen and oxygen atoms in total. The number of pyridine rings is 1. The van der Waals surface area contributed by atoms with E-state index in [2.05, 4.69) is 20.1 Å². The van der Waals surface area contributed by atoms with Crippen LogP contribution in [0, 0.1) is 6.92 Å². The van der Waals surface area contributed by atoms with E-state index < -0.39 is 0 Å². The number of rotatable bonds is 5. The van der Waals surface area contributed by atoms with Crippen molar-refractivity contribution in [3.8, 4) is 5.69 Å². The molecule has 1 aliphatic heterocycles. The summed E-state index contributed by atoms with van der Waals surface area (Å²) in [6, 6.07) is 13.1. The summed E-state index contributed by atoms with van der Waals surface area (Å²) in [7, 11) is 0. The van der Waals surface area contributed by atoms with E-state index in [9.17, 15) is 4.79 Å². The molecule has 0 spiro atoms. The lowest BCUT2D eigenvalue weighted by atomic mass is 10.3. The van der Waals surface area contributed by atoms with Gasteiger partial charge in [0.1, 0.15) is 5.65 Å². The van der Waals surface area contributed by atoms with E-state index in [1.54, 1.807) is 16.7 Å². The lowest BCUT2D eigenvalue weighted by Crippen LogP contribution is -2.22. The molecule has 0 bridgehead atoms. The van der Waals surface area contributed by atoms with E-state index in [0.717, 1.165) is 48.3 Å². The van der Waals surface area contributed by atoms with Gasteiger partial charge in [-0.05, 0) is 49.6 Å². The summed E-state index contributed by atoms with van der Waals surface area (Å²) in [5.41, 5.74) is 3.20. The van der Waals surface area contributed by atoms with Crippen LogP contribution in [0.25, 0.3) is 11.3 Å². The first-order valence-corrected chi connectivity index (χ1v) is 11.5. The molecule has 1 aromatic carbocycles. The van der Waals surface area contributed by atoms with Gasteiger partial charge >= 0.3 is 0 Å². The van der Waals surface area contributed by atoms with Gasteiger partial charge in [-0.3, -0.25) is 13.8 Å². The zero-order chi connectivity index (χ0) is 21.4. The molecule has 158 valence electrons. The summed E-state index contributed by atoms with van der Waals surface area (Å²) in [5.74, 6) is 1.34. The average molecular weight is 453 g/mol. The van der Waals surface area contributed by atoms with Crippen molar-refractivity contribution >= 4 is 35.0 Å². The standard InChI is InChI=1S/C22H21ClN6OS/c1-15-7-8-19-24-17(12-20(30)28(19)13-15)14-31-22-26-25-21(27-9-2-3-10-27)29(22)18-6-4-5-16(23)11-18/h4-8,11-13H,2-3,9-10,14H2,1H3. The van der Waals surface area contributed by atoms with E-state index in [4.69, 9.17) is 11.6 Å². The number of aryl methyl sites for hydroxylation is 1. The number of hydrogen-bond acceptors (Lipinski definition) is 6. The predicted octanol–water partition coefficient (Wildman–Crippen LogP) is 4.13. The Bertz CT molecular complexity index is 1310. The van der Waals surface area contributed by atoms with Crippen LogP contribution in [-0.4, -0.2) is 37.2 Å². The fourth-order valence-electron chi connectivity index (χ4n) is 3.79. The Balaban J connectivity index is 1.49. The summed E-state index contributed by atoms with van der Waals surface area (Å²) < 4.78 is 3.61. The molecular formula is C22H21ClN6OS. The number of hydrogen-bond donors (Lipinski definition) is 0. The fraction of sp³-hybridized carbons (Fsp3) is 0.273. The monoisotopic (exact) mass is 452 g/mol. The zero-order valence-electron chi connectivity index (χ0n) is 17.0. The highest BCUT2D eigenvalue weighted by molar-refractivity contribution is 7.98. The molecule has 1 fully saturated rings. The van der Waals surface area contributed by atoms with Gasteiger partial charge in [-0.2, -0.15) is 0 Å². The SMILES string of the molecule is Cc1ccc2nc(CSc3nnc(N4CCCC4)n3-c3cccc(Cl)c3)cc(=O)n2c1. The molecule has 4 heterocycles. The minimum absolute atomic E-state index is 0.0848. The van der Waals surface area contributed by atoms with Gasteiger partial charge in [-0.25, -0.2) is 4.98 Å². The number of benzene rings is 1. The number of aromatic nitrogens is 5. The van der Waals surface area contributed by atoms with Crippen LogP contribution in [0.5, 0.6) is 0 Å². The van der Waals surface area contributed by atoms with Crippen LogP contribution >= 0.6 is 23.4 Å². The van der Waals surface area contributed by atoms with Crippen molar-refractivity contribution in [2.75, 3.05) is 18.0 Å². The largest absolute Gasteiger partial charge is 0.341 e. The molecule has 0 atom stereocenters. The van der Waals surface area contributed by atoms with Crippen LogP contribution in [0.1, 0.15) is 24.1 Å². The van der Waals surface area contributed by atoms with Crippen LogP contribution in [0.4, 0.5) is 5.95 Å². The van der Waals surface area contributed by atoms with Gasteiger partial charge in [-0.1, -0.05) is 35.5 Å². The number of halogens is 1. The first-order chi connectivity index (χ1) is 15.1. The highest BCUT2D eigenvalue weighted by Crippen LogP contribution is 2.30. The van der Waals surface area contributed by atoms with Gasteiger partial charge in [0.2, 0.25) is 5.95 Å². The van der Waals surface area contributed by atoms with Gasteiger partial charge in [-0.15, -0.1) is 10.2 Å². The maximum absolute atomic E-state index is 12.5. The van der Waals surface area contributed by atoms with Crippen LogP contribution < -0.4 is 10.5 Å². The second-order valence-electron chi connectivity index (χ2n) is 7.60. The predicted molar refractivity (Wildman–Crippen MR) is 124 cm³/mol. The molecule has 0 amide bonds. The molecule has 4 aromatic rings. The Labute approximate surface area is 188 Å². The van der Waals surface area contributed by atoms with Crippen molar-refractivity contribution in [2.45, 2.75) is 30.7 Å². The topological polar surface area (TPSA) is 68.3 Å². The summed E-state index contributed by atoms with van der Waals surface area (Å²) in [6.07, 6.45) is 4.10. The van der Waals surface area contributed by atoms with Crippen molar-refractivity contribution in [1.82, 2.24) is 24.1 Å². The van der Waals surface area contributed by atoms with Gasteiger partial charge in [0, 0.05) is 36.1 Å². The molecule has 3 aromatic heterocycles. The van der Waals surface area contributed by atoms with Gasteiger partial charge in [0.25, 0.3) is 5.56 Å². The third kappa shape index (κ3) is 4.05. The van der Waals surface area contributed by atoms with Crippen LogP contribution in [0.3, 0.4) is 0 Å². The molecule has 0 radical (unpaired) electrons. The van der Waals surface area contributed by atoms with Gasteiger partial charge in [0.05, 0.1) is 11.4 Å².